The Kier molecular flexibility index (Phi) is 4.73. The summed E-state index contributed by atoms with van der Waals surface area (Å²) in [4.78, 5) is 16.3. The van der Waals surface area contributed by atoms with Gasteiger partial charge in [0.25, 0.3) is 5.91 Å². The average Bonchev–Trinajstić information content (AvgIpc) is 3.02. The Morgan fingerprint density at radius 1 is 1.22 bits per heavy atom. The highest BCUT2D eigenvalue weighted by Crippen LogP contribution is 2.24. The second kappa shape index (κ2) is 6.93. The average molecular weight is 393 g/mol. The molecule has 0 saturated carbocycles. The molecule has 0 radical (unpaired) electrons. The van der Waals surface area contributed by atoms with Crippen LogP contribution in [0.1, 0.15) is 16.2 Å². The van der Waals surface area contributed by atoms with Gasteiger partial charge in [-0.05, 0) is 30.3 Å². The quantitative estimate of drug-likeness (QED) is 0.726. The summed E-state index contributed by atoms with van der Waals surface area (Å²) >= 11 is 9.42. The Labute approximate surface area is 145 Å². The standard InChI is InChI=1S/C16H11BrClN3O2/c17-11-5-3-4-10(8-11)16(22)19-9-14-20-15(21-23-14)12-6-1-2-7-13(12)18/h1-8H,9H2,(H,19,22). The molecule has 3 rings (SSSR count). The lowest BCUT2D eigenvalue weighted by atomic mass is 10.2. The van der Waals surface area contributed by atoms with E-state index < -0.39 is 0 Å². The van der Waals surface area contributed by atoms with E-state index in [0.29, 0.717) is 27.9 Å². The van der Waals surface area contributed by atoms with Gasteiger partial charge in [-0.3, -0.25) is 4.79 Å². The van der Waals surface area contributed by atoms with Crippen molar-refractivity contribution in [2.75, 3.05) is 0 Å². The summed E-state index contributed by atoms with van der Waals surface area (Å²) in [6, 6.07) is 14.3. The molecule has 1 heterocycles. The van der Waals surface area contributed by atoms with E-state index in [0.717, 1.165) is 4.47 Å². The third-order valence-corrected chi connectivity index (χ3v) is 3.89. The first-order valence-electron chi connectivity index (χ1n) is 6.75. The third kappa shape index (κ3) is 3.78. The Morgan fingerprint density at radius 2 is 2.04 bits per heavy atom. The number of carbonyl (C=O) groups is 1. The van der Waals surface area contributed by atoms with Crippen LogP contribution in [0.2, 0.25) is 5.02 Å². The maximum atomic E-state index is 12.1. The highest BCUT2D eigenvalue weighted by Gasteiger charge is 2.12. The molecule has 0 spiro atoms. The lowest BCUT2D eigenvalue weighted by molar-refractivity contribution is 0.0946. The molecule has 0 bridgehead atoms. The van der Waals surface area contributed by atoms with Crippen LogP contribution in [0.25, 0.3) is 11.4 Å². The topological polar surface area (TPSA) is 68.0 Å². The number of hydrogen-bond donors (Lipinski definition) is 1. The predicted octanol–water partition coefficient (Wildman–Crippen LogP) is 4.08. The highest BCUT2D eigenvalue weighted by molar-refractivity contribution is 9.10. The fraction of sp³-hybridized carbons (Fsp3) is 0.0625. The monoisotopic (exact) mass is 391 g/mol. The molecule has 1 amide bonds. The molecule has 1 aromatic heterocycles. The van der Waals surface area contributed by atoms with Crippen LogP contribution in [-0.2, 0) is 6.54 Å². The molecule has 7 heteroatoms. The van der Waals surface area contributed by atoms with E-state index in [4.69, 9.17) is 16.1 Å². The molecule has 116 valence electrons. The zero-order valence-electron chi connectivity index (χ0n) is 11.8. The molecule has 0 aliphatic rings. The lowest BCUT2D eigenvalue weighted by Crippen LogP contribution is -2.22. The molecular weight excluding hydrogens is 382 g/mol. The molecule has 0 fully saturated rings. The highest BCUT2D eigenvalue weighted by atomic mass is 79.9. The molecule has 0 aliphatic carbocycles. The van der Waals surface area contributed by atoms with Crippen LogP contribution in [-0.4, -0.2) is 16.0 Å². The van der Waals surface area contributed by atoms with Crippen molar-refractivity contribution in [1.82, 2.24) is 15.5 Å². The van der Waals surface area contributed by atoms with Gasteiger partial charge in [-0.25, -0.2) is 0 Å². The predicted molar refractivity (Wildman–Crippen MR) is 90.1 cm³/mol. The van der Waals surface area contributed by atoms with Crippen LogP contribution >= 0.6 is 27.5 Å². The van der Waals surface area contributed by atoms with Crippen LogP contribution < -0.4 is 5.32 Å². The van der Waals surface area contributed by atoms with Gasteiger partial charge in [0, 0.05) is 15.6 Å². The maximum absolute atomic E-state index is 12.1. The van der Waals surface area contributed by atoms with Gasteiger partial charge in [-0.1, -0.05) is 50.9 Å². The zero-order chi connectivity index (χ0) is 16.2. The summed E-state index contributed by atoms with van der Waals surface area (Å²) in [5.41, 5.74) is 1.23. The Bertz CT molecular complexity index is 851. The zero-order valence-corrected chi connectivity index (χ0v) is 14.1. The van der Waals surface area contributed by atoms with Crippen LogP contribution in [0, 0.1) is 0 Å². The van der Waals surface area contributed by atoms with Crippen molar-refractivity contribution in [3.05, 3.63) is 69.5 Å². The number of halogens is 2. The summed E-state index contributed by atoms with van der Waals surface area (Å²) < 4.78 is 5.98. The van der Waals surface area contributed by atoms with E-state index in [9.17, 15) is 4.79 Å². The van der Waals surface area contributed by atoms with Gasteiger partial charge < -0.3 is 9.84 Å². The van der Waals surface area contributed by atoms with E-state index in [2.05, 4.69) is 31.4 Å². The minimum Gasteiger partial charge on any atom is -0.343 e. The van der Waals surface area contributed by atoms with E-state index in [1.165, 1.54) is 0 Å². The van der Waals surface area contributed by atoms with Crippen LogP contribution in [0.3, 0.4) is 0 Å². The fourth-order valence-electron chi connectivity index (χ4n) is 1.97. The first-order valence-corrected chi connectivity index (χ1v) is 7.92. The first-order chi connectivity index (χ1) is 11.1. The molecule has 2 aromatic carbocycles. The van der Waals surface area contributed by atoms with Crippen molar-refractivity contribution in [3.8, 4) is 11.4 Å². The van der Waals surface area contributed by atoms with Crippen LogP contribution in [0.4, 0.5) is 0 Å². The SMILES string of the molecule is O=C(NCc1nc(-c2ccccc2Cl)no1)c1cccc(Br)c1. The first kappa shape index (κ1) is 15.7. The number of nitrogens with zero attached hydrogens (tertiary/aromatic N) is 2. The van der Waals surface area contributed by atoms with Crippen LogP contribution in [0.15, 0.2) is 57.5 Å². The largest absolute Gasteiger partial charge is 0.343 e. The number of carbonyl (C=O) groups excluding carboxylic acids is 1. The molecule has 23 heavy (non-hydrogen) atoms. The molecule has 0 saturated heterocycles. The Balaban J connectivity index is 1.68. The second-order valence-electron chi connectivity index (χ2n) is 4.68. The molecular formula is C16H11BrClN3O2. The Hall–Kier alpha value is -2.18. The van der Waals surface area contributed by atoms with Gasteiger partial charge in [0.2, 0.25) is 11.7 Å². The van der Waals surface area contributed by atoms with E-state index in [-0.39, 0.29) is 12.5 Å². The van der Waals surface area contributed by atoms with E-state index in [1.807, 2.05) is 18.2 Å². The van der Waals surface area contributed by atoms with Crippen molar-refractivity contribution in [3.63, 3.8) is 0 Å². The maximum Gasteiger partial charge on any atom is 0.251 e. The van der Waals surface area contributed by atoms with Gasteiger partial charge in [-0.15, -0.1) is 0 Å². The second-order valence-corrected chi connectivity index (χ2v) is 6.01. The van der Waals surface area contributed by atoms with Gasteiger partial charge in [-0.2, -0.15) is 4.98 Å². The number of aromatic nitrogens is 2. The summed E-state index contributed by atoms with van der Waals surface area (Å²) in [6.45, 7) is 0.142. The number of nitrogens with one attached hydrogen (secondary N) is 1. The minimum absolute atomic E-state index is 0.142. The number of benzene rings is 2. The van der Waals surface area contributed by atoms with Crippen molar-refractivity contribution >= 4 is 33.4 Å². The molecule has 0 aliphatic heterocycles. The van der Waals surface area contributed by atoms with Gasteiger partial charge in [0.05, 0.1) is 11.6 Å². The van der Waals surface area contributed by atoms with Crippen molar-refractivity contribution in [2.45, 2.75) is 6.54 Å². The third-order valence-electron chi connectivity index (χ3n) is 3.07. The number of amides is 1. The van der Waals surface area contributed by atoms with Crippen molar-refractivity contribution in [1.29, 1.82) is 0 Å². The summed E-state index contributed by atoms with van der Waals surface area (Å²) in [6.07, 6.45) is 0. The van der Waals surface area contributed by atoms with Gasteiger partial charge >= 0.3 is 0 Å². The molecule has 0 atom stereocenters. The van der Waals surface area contributed by atoms with E-state index in [1.54, 1.807) is 30.3 Å². The van der Waals surface area contributed by atoms with Gasteiger partial charge in [0.15, 0.2) is 0 Å². The van der Waals surface area contributed by atoms with Gasteiger partial charge in [0.1, 0.15) is 0 Å². The van der Waals surface area contributed by atoms with Crippen molar-refractivity contribution in [2.24, 2.45) is 0 Å². The lowest BCUT2D eigenvalue weighted by Gasteiger charge is -2.02. The molecule has 3 aromatic rings. The smallest absolute Gasteiger partial charge is 0.251 e. The minimum atomic E-state index is -0.219. The fourth-order valence-corrected chi connectivity index (χ4v) is 2.59. The normalized spacial score (nSPS) is 10.5. The molecule has 0 unspecified atom stereocenters. The number of hydrogen-bond acceptors (Lipinski definition) is 4. The van der Waals surface area contributed by atoms with Crippen molar-refractivity contribution < 1.29 is 9.32 Å². The van der Waals surface area contributed by atoms with E-state index >= 15 is 0 Å². The molecule has 1 N–H and O–H groups in total. The van der Waals surface area contributed by atoms with Crippen LogP contribution in [0.5, 0.6) is 0 Å². The Morgan fingerprint density at radius 3 is 2.83 bits per heavy atom. The summed E-state index contributed by atoms with van der Waals surface area (Å²) in [5.74, 6) is 0.481. The molecule has 5 nitrogen and oxygen atoms in total. The summed E-state index contributed by atoms with van der Waals surface area (Å²) in [5, 5.41) is 7.16. The number of rotatable bonds is 4. The summed E-state index contributed by atoms with van der Waals surface area (Å²) in [7, 11) is 0.